The van der Waals surface area contributed by atoms with E-state index in [0.717, 1.165) is 12.2 Å². The summed E-state index contributed by atoms with van der Waals surface area (Å²) in [5, 5.41) is 3.36. The monoisotopic (exact) mass is 394 g/mol. The Morgan fingerprint density at radius 1 is 1.12 bits per heavy atom. The molecule has 0 saturated carbocycles. The summed E-state index contributed by atoms with van der Waals surface area (Å²) < 4.78 is 5.26. The lowest BCUT2D eigenvalue weighted by Gasteiger charge is -2.17. The zero-order valence-electron chi connectivity index (χ0n) is 15.7. The predicted octanol–water partition coefficient (Wildman–Crippen LogP) is 4.92. The maximum atomic E-state index is 11.6. The van der Waals surface area contributed by atoms with Gasteiger partial charge in [0.2, 0.25) is 0 Å². The maximum Gasteiger partial charge on any atom is 0.414 e. The molecule has 0 spiro atoms. The molecule has 1 amide bonds. The Kier molecular flexibility index (Phi) is 9.55. The van der Waals surface area contributed by atoms with Crippen LogP contribution >= 0.6 is 24.2 Å². The highest BCUT2D eigenvalue weighted by atomic mass is 35.5. The Labute approximate surface area is 166 Å². The summed E-state index contributed by atoms with van der Waals surface area (Å²) in [6.45, 7) is 2.10. The van der Waals surface area contributed by atoms with Crippen LogP contribution in [0.15, 0.2) is 53.4 Å². The molecular formula is C20H27ClN2O2S. The van der Waals surface area contributed by atoms with E-state index in [0.29, 0.717) is 5.75 Å². The number of aryl methyl sites for hydroxylation is 1. The topological polar surface area (TPSA) is 41.6 Å². The van der Waals surface area contributed by atoms with Gasteiger partial charge in [0.25, 0.3) is 0 Å². The van der Waals surface area contributed by atoms with Crippen molar-refractivity contribution in [1.29, 1.82) is 0 Å². The van der Waals surface area contributed by atoms with Gasteiger partial charge in [0, 0.05) is 25.0 Å². The second kappa shape index (κ2) is 11.1. The molecule has 1 N–H and O–H groups in total. The van der Waals surface area contributed by atoms with E-state index in [1.807, 2.05) is 43.1 Å². The number of carbonyl (C=O) groups is 1. The van der Waals surface area contributed by atoms with E-state index in [1.165, 1.54) is 20.9 Å². The van der Waals surface area contributed by atoms with Crippen LogP contribution in [0.1, 0.15) is 23.6 Å². The highest BCUT2D eigenvalue weighted by Crippen LogP contribution is 2.25. The number of halogens is 1. The first kappa shape index (κ1) is 22.4. The van der Waals surface area contributed by atoms with Gasteiger partial charge in [-0.3, -0.25) is 0 Å². The molecule has 0 saturated heterocycles. The van der Waals surface area contributed by atoms with E-state index >= 15 is 0 Å². The summed E-state index contributed by atoms with van der Waals surface area (Å²) in [4.78, 5) is 14.3. The minimum atomic E-state index is -0.368. The molecule has 0 aliphatic heterocycles. The molecule has 2 aromatic carbocycles. The van der Waals surface area contributed by atoms with Crippen molar-refractivity contribution >= 4 is 30.3 Å². The zero-order chi connectivity index (χ0) is 18.2. The number of ether oxygens (including phenoxy) is 1. The van der Waals surface area contributed by atoms with Crippen LogP contribution in [0.2, 0.25) is 0 Å². The summed E-state index contributed by atoms with van der Waals surface area (Å²) in [6, 6.07) is 16.6. The van der Waals surface area contributed by atoms with Gasteiger partial charge in [0.1, 0.15) is 5.75 Å². The third-order valence-electron chi connectivity index (χ3n) is 3.90. The average molecular weight is 395 g/mol. The molecule has 142 valence electrons. The number of rotatable bonds is 7. The fraction of sp³-hybridized carbons (Fsp3) is 0.350. The molecule has 6 heteroatoms. The van der Waals surface area contributed by atoms with Gasteiger partial charge in [-0.25, -0.2) is 4.79 Å². The van der Waals surface area contributed by atoms with Crippen LogP contribution < -0.4 is 10.1 Å². The van der Waals surface area contributed by atoms with Crippen LogP contribution in [0.5, 0.6) is 5.75 Å². The van der Waals surface area contributed by atoms with Crippen molar-refractivity contribution in [3.63, 3.8) is 0 Å². The molecule has 1 atom stereocenters. The first-order valence-corrected chi connectivity index (χ1v) is 9.34. The number of amides is 1. The molecule has 2 rings (SSSR count). The first-order chi connectivity index (χ1) is 12.0. The molecule has 4 nitrogen and oxygen atoms in total. The Balaban J connectivity index is 0.00000338. The van der Waals surface area contributed by atoms with Gasteiger partial charge in [-0.15, -0.1) is 24.2 Å². The van der Waals surface area contributed by atoms with Crippen molar-refractivity contribution in [2.45, 2.75) is 24.3 Å². The second-order valence-electron chi connectivity index (χ2n) is 6.12. The molecule has 0 aromatic heterocycles. The molecule has 0 fully saturated rings. The fourth-order valence-electron chi connectivity index (χ4n) is 2.37. The molecule has 0 aliphatic rings. The van der Waals surface area contributed by atoms with Crippen molar-refractivity contribution < 1.29 is 9.53 Å². The van der Waals surface area contributed by atoms with Crippen molar-refractivity contribution in [3.05, 3.63) is 59.7 Å². The van der Waals surface area contributed by atoms with Crippen LogP contribution in [-0.2, 0) is 0 Å². The minimum absolute atomic E-state index is 0. The number of carbonyl (C=O) groups excluding carboxylic acids is 1. The van der Waals surface area contributed by atoms with E-state index in [4.69, 9.17) is 4.74 Å². The van der Waals surface area contributed by atoms with Crippen molar-refractivity contribution in [2.75, 3.05) is 26.9 Å². The Morgan fingerprint density at radius 2 is 1.73 bits per heavy atom. The Hall–Kier alpha value is -1.69. The highest BCUT2D eigenvalue weighted by Gasteiger charge is 2.11. The first-order valence-electron chi connectivity index (χ1n) is 8.35. The molecule has 0 heterocycles. The van der Waals surface area contributed by atoms with Gasteiger partial charge < -0.3 is 15.0 Å². The third-order valence-corrected chi connectivity index (χ3v) is 4.94. The zero-order valence-corrected chi connectivity index (χ0v) is 17.3. The highest BCUT2D eigenvalue weighted by molar-refractivity contribution is 7.99. The number of benzene rings is 2. The van der Waals surface area contributed by atoms with E-state index in [2.05, 4.69) is 36.5 Å². The lowest BCUT2D eigenvalue weighted by atomic mass is 10.0. The Morgan fingerprint density at radius 3 is 2.27 bits per heavy atom. The third kappa shape index (κ3) is 6.90. The van der Waals surface area contributed by atoms with Crippen molar-refractivity contribution in [2.24, 2.45) is 0 Å². The number of nitrogens with one attached hydrogen (secondary N) is 1. The lowest BCUT2D eigenvalue weighted by Crippen LogP contribution is -2.25. The van der Waals surface area contributed by atoms with Crippen LogP contribution in [-0.4, -0.2) is 37.9 Å². The number of hydrogen-bond acceptors (Lipinski definition) is 4. The van der Waals surface area contributed by atoms with E-state index < -0.39 is 0 Å². The quantitative estimate of drug-likeness (QED) is 0.676. The molecule has 26 heavy (non-hydrogen) atoms. The van der Waals surface area contributed by atoms with Gasteiger partial charge in [0.15, 0.2) is 0 Å². The van der Waals surface area contributed by atoms with Crippen LogP contribution in [0.3, 0.4) is 0 Å². The molecular weight excluding hydrogens is 368 g/mol. The lowest BCUT2D eigenvalue weighted by molar-refractivity contribution is 0.172. The predicted molar refractivity (Wildman–Crippen MR) is 112 cm³/mol. The van der Waals surface area contributed by atoms with Crippen LogP contribution in [0.25, 0.3) is 0 Å². The molecule has 0 bridgehead atoms. The smallest absolute Gasteiger partial charge is 0.410 e. The van der Waals surface area contributed by atoms with Crippen molar-refractivity contribution in [3.8, 4) is 5.75 Å². The van der Waals surface area contributed by atoms with E-state index in [-0.39, 0.29) is 24.5 Å². The second-order valence-corrected chi connectivity index (χ2v) is 7.29. The Bertz CT molecular complexity index is 675. The summed E-state index contributed by atoms with van der Waals surface area (Å²) in [6.07, 6.45) is 0.652. The van der Waals surface area contributed by atoms with Gasteiger partial charge in [-0.05, 0) is 56.0 Å². The number of hydrogen-bond donors (Lipinski definition) is 1. The van der Waals surface area contributed by atoms with Gasteiger partial charge in [0.05, 0.1) is 0 Å². The SMILES string of the molecule is CN[C@H](CCSc1ccc(C)cc1)c1ccc(OC(=O)N(C)C)cc1.Cl. The van der Waals surface area contributed by atoms with Gasteiger partial charge in [-0.2, -0.15) is 0 Å². The van der Waals surface area contributed by atoms with Crippen LogP contribution in [0.4, 0.5) is 4.79 Å². The van der Waals surface area contributed by atoms with Crippen molar-refractivity contribution in [1.82, 2.24) is 10.2 Å². The van der Waals surface area contributed by atoms with E-state index in [9.17, 15) is 4.79 Å². The number of thioether (sulfide) groups is 1. The van der Waals surface area contributed by atoms with Crippen LogP contribution in [0, 0.1) is 6.92 Å². The van der Waals surface area contributed by atoms with Gasteiger partial charge >= 0.3 is 6.09 Å². The molecule has 0 aliphatic carbocycles. The molecule has 0 radical (unpaired) electrons. The normalized spacial score (nSPS) is 11.4. The molecule has 2 aromatic rings. The molecule has 0 unspecified atom stereocenters. The maximum absolute atomic E-state index is 11.6. The van der Waals surface area contributed by atoms with Gasteiger partial charge in [-0.1, -0.05) is 29.8 Å². The average Bonchev–Trinajstić information content (AvgIpc) is 2.61. The summed E-state index contributed by atoms with van der Waals surface area (Å²) >= 11 is 1.87. The minimum Gasteiger partial charge on any atom is -0.410 e. The standard InChI is InChI=1S/C20H26N2O2S.ClH/c1-15-5-11-18(12-6-15)25-14-13-19(21-2)16-7-9-17(10-8-16)24-20(23)22(3)4;/h5-12,19,21H,13-14H2,1-4H3;1H/t19-;/m1./s1. The summed E-state index contributed by atoms with van der Waals surface area (Å²) in [5.74, 6) is 1.60. The fourth-order valence-corrected chi connectivity index (χ4v) is 3.28. The summed E-state index contributed by atoms with van der Waals surface area (Å²) in [5.41, 5.74) is 2.48. The number of nitrogens with zero attached hydrogens (tertiary/aromatic N) is 1. The largest absolute Gasteiger partial charge is 0.414 e. The summed E-state index contributed by atoms with van der Waals surface area (Å²) in [7, 11) is 5.31. The van der Waals surface area contributed by atoms with E-state index in [1.54, 1.807) is 14.1 Å².